The highest BCUT2D eigenvalue weighted by atomic mass is 16.5. The van der Waals surface area contributed by atoms with Crippen LogP contribution in [-0.4, -0.2) is 17.3 Å². The van der Waals surface area contributed by atoms with Gasteiger partial charge >= 0.3 is 0 Å². The van der Waals surface area contributed by atoms with Gasteiger partial charge in [0.1, 0.15) is 11.9 Å². The van der Waals surface area contributed by atoms with Gasteiger partial charge in [-0.15, -0.1) is 0 Å². The van der Waals surface area contributed by atoms with Gasteiger partial charge in [0.2, 0.25) is 0 Å². The van der Waals surface area contributed by atoms with E-state index in [0.717, 1.165) is 31.4 Å². The van der Waals surface area contributed by atoms with Crippen LogP contribution < -0.4 is 4.74 Å². The molecule has 1 saturated carbocycles. The Morgan fingerprint density at radius 1 is 1.19 bits per heavy atom. The third-order valence-corrected chi connectivity index (χ3v) is 3.50. The van der Waals surface area contributed by atoms with E-state index in [1.807, 2.05) is 12.1 Å². The number of hydrogen-bond donors (Lipinski definition) is 1. The SMILES string of the molecule is Cc1cccc(OC2CCCCC2O)c1C. The third-order valence-electron chi connectivity index (χ3n) is 3.50. The first-order valence-corrected chi connectivity index (χ1v) is 6.09. The molecule has 16 heavy (non-hydrogen) atoms. The smallest absolute Gasteiger partial charge is 0.124 e. The molecule has 2 heteroatoms. The van der Waals surface area contributed by atoms with Crippen molar-refractivity contribution in [1.29, 1.82) is 0 Å². The summed E-state index contributed by atoms with van der Waals surface area (Å²) in [6, 6.07) is 6.08. The van der Waals surface area contributed by atoms with Crippen LogP contribution in [0, 0.1) is 13.8 Å². The normalized spacial score (nSPS) is 25.4. The molecule has 88 valence electrons. The van der Waals surface area contributed by atoms with E-state index in [1.54, 1.807) is 0 Å². The lowest BCUT2D eigenvalue weighted by atomic mass is 9.94. The second kappa shape index (κ2) is 4.88. The number of aryl methyl sites for hydroxylation is 1. The fraction of sp³-hybridized carbons (Fsp3) is 0.571. The molecule has 0 heterocycles. The van der Waals surface area contributed by atoms with Crippen molar-refractivity contribution in [3.63, 3.8) is 0 Å². The Bertz CT molecular complexity index is 360. The predicted octanol–water partition coefficient (Wildman–Crippen LogP) is 2.99. The highest BCUT2D eigenvalue weighted by molar-refractivity contribution is 5.38. The monoisotopic (exact) mass is 220 g/mol. The van der Waals surface area contributed by atoms with Gasteiger partial charge in [-0.25, -0.2) is 0 Å². The molecule has 0 amide bonds. The summed E-state index contributed by atoms with van der Waals surface area (Å²) in [4.78, 5) is 0. The minimum absolute atomic E-state index is 0.0192. The minimum atomic E-state index is -0.298. The van der Waals surface area contributed by atoms with Crippen molar-refractivity contribution in [2.75, 3.05) is 0 Å². The zero-order chi connectivity index (χ0) is 11.5. The van der Waals surface area contributed by atoms with Gasteiger partial charge < -0.3 is 9.84 Å². The highest BCUT2D eigenvalue weighted by Crippen LogP contribution is 2.27. The largest absolute Gasteiger partial charge is 0.487 e. The van der Waals surface area contributed by atoms with Crippen molar-refractivity contribution in [1.82, 2.24) is 0 Å². The predicted molar refractivity (Wildman–Crippen MR) is 64.8 cm³/mol. The second-order valence-corrected chi connectivity index (χ2v) is 4.71. The summed E-state index contributed by atoms with van der Waals surface area (Å²) in [6.45, 7) is 4.15. The molecular formula is C14H20O2. The maximum absolute atomic E-state index is 9.87. The molecule has 0 aromatic heterocycles. The van der Waals surface area contributed by atoms with E-state index >= 15 is 0 Å². The van der Waals surface area contributed by atoms with Crippen LogP contribution in [0.15, 0.2) is 18.2 Å². The van der Waals surface area contributed by atoms with Crippen LogP contribution in [0.2, 0.25) is 0 Å². The molecule has 0 saturated heterocycles. The summed E-state index contributed by atoms with van der Waals surface area (Å²) in [6.07, 6.45) is 3.80. The minimum Gasteiger partial charge on any atom is -0.487 e. The lowest BCUT2D eigenvalue weighted by Gasteiger charge is -2.29. The molecule has 1 aliphatic rings. The first kappa shape index (κ1) is 11.5. The Morgan fingerprint density at radius 3 is 2.69 bits per heavy atom. The number of aliphatic hydroxyl groups excluding tert-OH is 1. The third kappa shape index (κ3) is 2.38. The Balaban J connectivity index is 2.10. The molecule has 0 spiro atoms. The average Bonchev–Trinajstić information content (AvgIpc) is 2.28. The van der Waals surface area contributed by atoms with Gasteiger partial charge in [-0.2, -0.15) is 0 Å². The van der Waals surface area contributed by atoms with Crippen molar-refractivity contribution in [3.8, 4) is 5.75 Å². The summed E-state index contributed by atoms with van der Waals surface area (Å²) in [7, 11) is 0. The van der Waals surface area contributed by atoms with Crippen LogP contribution >= 0.6 is 0 Å². The molecule has 0 radical (unpaired) electrons. The van der Waals surface area contributed by atoms with E-state index in [1.165, 1.54) is 11.1 Å². The summed E-state index contributed by atoms with van der Waals surface area (Å²) < 4.78 is 5.93. The molecule has 0 bridgehead atoms. The Hall–Kier alpha value is -1.02. The molecule has 1 aromatic carbocycles. The summed E-state index contributed by atoms with van der Waals surface area (Å²) in [5.74, 6) is 0.922. The van der Waals surface area contributed by atoms with E-state index < -0.39 is 0 Å². The van der Waals surface area contributed by atoms with E-state index in [4.69, 9.17) is 4.74 Å². The van der Waals surface area contributed by atoms with E-state index in [0.29, 0.717) is 0 Å². The topological polar surface area (TPSA) is 29.5 Å². The number of rotatable bonds is 2. The summed E-state index contributed by atoms with van der Waals surface area (Å²) in [5, 5.41) is 9.87. The zero-order valence-electron chi connectivity index (χ0n) is 10.1. The fourth-order valence-electron chi connectivity index (χ4n) is 2.23. The molecule has 1 aromatic rings. The Kier molecular flexibility index (Phi) is 3.49. The van der Waals surface area contributed by atoms with Gasteiger partial charge in [-0.05, 0) is 50.3 Å². The zero-order valence-corrected chi connectivity index (χ0v) is 10.1. The molecule has 1 aliphatic carbocycles. The Labute approximate surface area is 97.3 Å². The molecule has 1 fully saturated rings. The van der Waals surface area contributed by atoms with E-state index in [-0.39, 0.29) is 12.2 Å². The molecule has 1 N–H and O–H groups in total. The van der Waals surface area contributed by atoms with Crippen LogP contribution in [0.3, 0.4) is 0 Å². The van der Waals surface area contributed by atoms with Gasteiger partial charge in [0.25, 0.3) is 0 Å². The molecule has 2 atom stereocenters. The second-order valence-electron chi connectivity index (χ2n) is 4.71. The van der Waals surface area contributed by atoms with Crippen molar-refractivity contribution < 1.29 is 9.84 Å². The molecular weight excluding hydrogens is 200 g/mol. The van der Waals surface area contributed by atoms with Gasteiger partial charge in [-0.1, -0.05) is 18.6 Å². The Morgan fingerprint density at radius 2 is 1.94 bits per heavy atom. The standard InChI is InChI=1S/C14H20O2/c1-10-6-5-9-13(11(10)2)16-14-8-4-3-7-12(14)15/h5-6,9,12,14-15H,3-4,7-8H2,1-2H3. The summed E-state index contributed by atoms with van der Waals surface area (Å²) in [5.41, 5.74) is 2.42. The number of hydrogen-bond acceptors (Lipinski definition) is 2. The van der Waals surface area contributed by atoms with Crippen LogP contribution in [-0.2, 0) is 0 Å². The quantitative estimate of drug-likeness (QED) is 0.830. The average molecular weight is 220 g/mol. The van der Waals surface area contributed by atoms with Crippen LogP contribution in [0.1, 0.15) is 36.8 Å². The van der Waals surface area contributed by atoms with Crippen molar-refractivity contribution in [2.45, 2.75) is 51.7 Å². The van der Waals surface area contributed by atoms with Crippen molar-refractivity contribution in [3.05, 3.63) is 29.3 Å². The maximum atomic E-state index is 9.87. The van der Waals surface area contributed by atoms with Gasteiger partial charge in [0, 0.05) is 0 Å². The maximum Gasteiger partial charge on any atom is 0.124 e. The van der Waals surface area contributed by atoms with Crippen LogP contribution in [0.5, 0.6) is 5.75 Å². The van der Waals surface area contributed by atoms with Crippen molar-refractivity contribution >= 4 is 0 Å². The first-order valence-electron chi connectivity index (χ1n) is 6.09. The molecule has 2 rings (SSSR count). The van der Waals surface area contributed by atoms with Crippen LogP contribution in [0.4, 0.5) is 0 Å². The highest BCUT2D eigenvalue weighted by Gasteiger charge is 2.25. The lowest BCUT2D eigenvalue weighted by molar-refractivity contribution is 0.00651. The fourth-order valence-corrected chi connectivity index (χ4v) is 2.23. The first-order chi connectivity index (χ1) is 7.68. The van der Waals surface area contributed by atoms with Gasteiger partial charge in [0.05, 0.1) is 6.10 Å². The molecule has 2 unspecified atom stereocenters. The number of ether oxygens (including phenoxy) is 1. The molecule has 2 nitrogen and oxygen atoms in total. The number of aliphatic hydroxyl groups is 1. The number of benzene rings is 1. The van der Waals surface area contributed by atoms with Gasteiger partial charge in [0.15, 0.2) is 0 Å². The van der Waals surface area contributed by atoms with Crippen LogP contribution in [0.25, 0.3) is 0 Å². The van der Waals surface area contributed by atoms with Gasteiger partial charge in [-0.3, -0.25) is 0 Å². The van der Waals surface area contributed by atoms with E-state index in [9.17, 15) is 5.11 Å². The summed E-state index contributed by atoms with van der Waals surface area (Å²) >= 11 is 0. The molecule has 0 aliphatic heterocycles. The lowest BCUT2D eigenvalue weighted by Crippen LogP contribution is -2.34. The van der Waals surface area contributed by atoms with E-state index in [2.05, 4.69) is 19.9 Å². The van der Waals surface area contributed by atoms with Crippen molar-refractivity contribution in [2.24, 2.45) is 0 Å².